The molecule has 2 atom stereocenters. The van der Waals surface area contributed by atoms with Gasteiger partial charge in [-0.3, -0.25) is 14.4 Å². The fraction of sp³-hybridized carbons (Fsp3) is 0.343. The lowest BCUT2D eigenvalue weighted by Gasteiger charge is -2.29. The number of aliphatic hydroxyl groups excluding tert-OH is 1. The van der Waals surface area contributed by atoms with E-state index in [9.17, 15) is 24.6 Å². The highest BCUT2D eigenvalue weighted by atomic mass is 79.9. The van der Waals surface area contributed by atoms with Crippen LogP contribution in [0.3, 0.4) is 0 Å². The predicted octanol–water partition coefficient (Wildman–Crippen LogP) is 5.30. The average Bonchev–Trinajstić information content (AvgIpc) is 3.23. The lowest BCUT2D eigenvalue weighted by Crippen LogP contribution is -2.44. The van der Waals surface area contributed by atoms with Crippen LogP contribution >= 0.6 is 15.9 Å². The normalized spacial score (nSPS) is 19.0. The van der Waals surface area contributed by atoms with Crippen molar-refractivity contribution in [2.45, 2.75) is 51.3 Å². The number of piperidine rings is 1. The van der Waals surface area contributed by atoms with Crippen LogP contribution in [0, 0.1) is 5.92 Å². The highest BCUT2D eigenvalue weighted by Crippen LogP contribution is 2.47. The van der Waals surface area contributed by atoms with Gasteiger partial charge >= 0.3 is 0 Å². The second kappa shape index (κ2) is 13.9. The summed E-state index contributed by atoms with van der Waals surface area (Å²) >= 11 is 3.49. The second-order valence-electron chi connectivity index (χ2n) is 11.4. The Morgan fingerprint density at radius 2 is 1.82 bits per heavy atom. The van der Waals surface area contributed by atoms with Gasteiger partial charge in [0.15, 0.2) is 5.60 Å². The molecule has 2 N–H and O–H groups in total. The van der Waals surface area contributed by atoms with Crippen LogP contribution in [0.4, 0.5) is 11.4 Å². The maximum Gasteiger partial charge on any atom is 0.264 e. The summed E-state index contributed by atoms with van der Waals surface area (Å²) in [5, 5.41) is 21.6. The van der Waals surface area contributed by atoms with Crippen molar-refractivity contribution in [3.63, 3.8) is 0 Å². The fourth-order valence-corrected chi connectivity index (χ4v) is 6.38. The summed E-state index contributed by atoms with van der Waals surface area (Å²) in [6.07, 6.45) is 5.86. The number of anilines is 2. The van der Waals surface area contributed by atoms with E-state index in [-0.39, 0.29) is 37.9 Å². The molecular weight excluding hydrogens is 622 g/mol. The van der Waals surface area contributed by atoms with E-state index in [1.54, 1.807) is 39.8 Å². The largest absolute Gasteiger partial charge is 0.395 e. The van der Waals surface area contributed by atoms with Gasteiger partial charge in [-0.05, 0) is 54.3 Å². The summed E-state index contributed by atoms with van der Waals surface area (Å²) in [5.74, 6) is -1.14. The number of hydrogen-bond donors (Lipinski definition) is 2. The first-order valence-corrected chi connectivity index (χ1v) is 15.8. The molecule has 9 heteroatoms. The molecule has 44 heavy (non-hydrogen) atoms. The Labute approximate surface area is 266 Å². The number of fused-ring (bicyclic) bond motifs is 1. The van der Waals surface area contributed by atoms with Crippen LogP contribution in [0.15, 0.2) is 89.4 Å². The van der Waals surface area contributed by atoms with E-state index in [2.05, 4.69) is 15.9 Å². The smallest absolute Gasteiger partial charge is 0.264 e. The zero-order valence-corrected chi connectivity index (χ0v) is 26.4. The maximum absolute atomic E-state index is 14.0. The van der Waals surface area contributed by atoms with E-state index in [1.807, 2.05) is 66.7 Å². The minimum absolute atomic E-state index is 0.0680. The molecule has 3 aromatic carbocycles. The Morgan fingerprint density at radius 3 is 2.57 bits per heavy atom. The quantitative estimate of drug-likeness (QED) is 0.272. The van der Waals surface area contributed by atoms with E-state index in [1.165, 1.54) is 0 Å². The van der Waals surface area contributed by atoms with Crippen molar-refractivity contribution in [3.05, 3.63) is 106 Å². The van der Waals surface area contributed by atoms with Gasteiger partial charge < -0.3 is 24.9 Å². The van der Waals surface area contributed by atoms with Crippen molar-refractivity contribution in [2.24, 2.45) is 5.92 Å². The molecule has 2 aliphatic rings. The van der Waals surface area contributed by atoms with E-state index in [0.717, 1.165) is 34.1 Å². The molecule has 0 saturated carbocycles. The van der Waals surface area contributed by atoms with E-state index >= 15 is 0 Å². The molecule has 0 aromatic heterocycles. The van der Waals surface area contributed by atoms with Crippen LogP contribution < -0.4 is 9.80 Å². The summed E-state index contributed by atoms with van der Waals surface area (Å²) < 4.78 is 0.738. The van der Waals surface area contributed by atoms with Gasteiger partial charge in [-0.25, -0.2) is 0 Å². The number of rotatable bonds is 11. The highest BCUT2D eigenvalue weighted by Gasteiger charge is 2.52. The van der Waals surface area contributed by atoms with Crippen LogP contribution in [0.25, 0.3) is 0 Å². The average molecular weight is 661 g/mol. The van der Waals surface area contributed by atoms with Gasteiger partial charge in [0, 0.05) is 54.1 Å². The number of halogens is 1. The van der Waals surface area contributed by atoms with Crippen molar-refractivity contribution < 1.29 is 24.6 Å². The minimum atomic E-state index is -1.84. The molecule has 0 spiro atoms. The van der Waals surface area contributed by atoms with E-state index in [0.29, 0.717) is 30.8 Å². The van der Waals surface area contributed by atoms with Crippen molar-refractivity contribution in [3.8, 4) is 0 Å². The first-order chi connectivity index (χ1) is 21.2. The van der Waals surface area contributed by atoms with Gasteiger partial charge in [-0.2, -0.15) is 0 Å². The van der Waals surface area contributed by atoms with E-state index in [4.69, 9.17) is 0 Å². The summed E-state index contributed by atoms with van der Waals surface area (Å²) in [5.41, 5.74) is 1.90. The van der Waals surface area contributed by atoms with Crippen LogP contribution in [0.1, 0.15) is 49.3 Å². The molecule has 1 saturated heterocycles. The lowest BCUT2D eigenvalue weighted by molar-refractivity contribution is -0.139. The number of carbonyl (C=O) groups excluding carboxylic acids is 3. The van der Waals surface area contributed by atoms with Crippen molar-refractivity contribution in [1.29, 1.82) is 0 Å². The Kier molecular flexibility index (Phi) is 9.98. The van der Waals surface area contributed by atoms with Crippen molar-refractivity contribution >= 4 is 45.0 Å². The minimum Gasteiger partial charge on any atom is -0.395 e. The molecule has 2 aliphatic heterocycles. The highest BCUT2D eigenvalue weighted by molar-refractivity contribution is 9.10. The molecule has 2 heterocycles. The van der Waals surface area contributed by atoms with Crippen LogP contribution in [-0.2, 0) is 33.1 Å². The van der Waals surface area contributed by atoms with Crippen LogP contribution in [-0.4, -0.2) is 52.5 Å². The van der Waals surface area contributed by atoms with Gasteiger partial charge in [-0.15, -0.1) is 0 Å². The third-order valence-electron chi connectivity index (χ3n) is 8.43. The Balaban J connectivity index is 1.34. The number of amides is 3. The molecule has 1 fully saturated rings. The molecule has 0 aliphatic carbocycles. The van der Waals surface area contributed by atoms with Gasteiger partial charge in [0.2, 0.25) is 11.8 Å². The lowest BCUT2D eigenvalue weighted by atomic mass is 9.83. The first-order valence-electron chi connectivity index (χ1n) is 15.0. The van der Waals surface area contributed by atoms with Gasteiger partial charge in [0.05, 0.1) is 18.8 Å². The zero-order chi connectivity index (χ0) is 31.3. The molecule has 3 aromatic rings. The second-order valence-corrected chi connectivity index (χ2v) is 12.4. The molecule has 0 bridgehead atoms. The molecule has 8 nitrogen and oxygen atoms in total. The number of hydrogen-bond acceptors (Lipinski definition) is 5. The zero-order valence-electron chi connectivity index (χ0n) is 24.9. The molecular formula is C35H38BrN3O5. The van der Waals surface area contributed by atoms with E-state index < -0.39 is 17.4 Å². The third-order valence-corrected chi connectivity index (χ3v) is 8.93. The Hall–Kier alpha value is -3.79. The fourth-order valence-electron chi connectivity index (χ4n) is 6.02. The molecule has 0 radical (unpaired) electrons. The van der Waals surface area contributed by atoms with Gasteiger partial charge in [-0.1, -0.05) is 77.5 Å². The van der Waals surface area contributed by atoms with Gasteiger partial charge in [0.1, 0.15) is 0 Å². The molecule has 3 amide bonds. The topological polar surface area (TPSA) is 101 Å². The number of aliphatic hydroxyl groups is 2. The van der Waals surface area contributed by atoms with Crippen molar-refractivity contribution in [1.82, 2.24) is 4.90 Å². The first kappa shape index (κ1) is 31.6. The third kappa shape index (κ3) is 6.65. The number of benzene rings is 3. The summed E-state index contributed by atoms with van der Waals surface area (Å²) in [7, 11) is 0. The molecule has 5 rings (SSSR count). The standard InChI is InChI=1S/C35H38BrN3O5/c1-25(9-7-15-32(41)37(19-20-40)23-26-10-3-2-4-11-26)35(44)30-22-28(36)16-17-31(30)39(34(35)43)24-27-12-8-13-29(21-27)38-18-6-5-14-33(38)42/h2-4,7-13,16-17,21-22,25,40,44H,5-6,14-15,18-20,23-24H2,1H3/b9-7+/t25-,35+/m0/s1. The van der Waals surface area contributed by atoms with Crippen LogP contribution in [0.2, 0.25) is 0 Å². The van der Waals surface area contributed by atoms with Crippen molar-refractivity contribution in [2.75, 3.05) is 29.5 Å². The monoisotopic (exact) mass is 659 g/mol. The number of carbonyl (C=O) groups is 3. The SMILES string of the molecule is C[C@@H](/C=C/CC(=O)N(CCO)Cc1ccccc1)[C@]1(O)C(=O)N(Cc2cccc(N3CCCCC3=O)c2)c2ccc(Br)cc21. The van der Waals surface area contributed by atoms with Gasteiger partial charge in [0.25, 0.3) is 5.91 Å². The molecule has 230 valence electrons. The summed E-state index contributed by atoms with van der Waals surface area (Å²) in [6.45, 7) is 3.13. The number of nitrogens with zero attached hydrogens (tertiary/aromatic N) is 3. The maximum atomic E-state index is 14.0. The summed E-state index contributed by atoms with van der Waals surface area (Å²) in [4.78, 5) is 44.6. The Bertz CT molecular complexity index is 1540. The Morgan fingerprint density at radius 1 is 1.05 bits per heavy atom. The summed E-state index contributed by atoms with van der Waals surface area (Å²) in [6, 6.07) is 22.7. The molecule has 0 unspecified atom stereocenters. The predicted molar refractivity (Wildman–Crippen MR) is 174 cm³/mol. The van der Waals surface area contributed by atoms with Crippen LogP contribution in [0.5, 0.6) is 0 Å².